The highest BCUT2D eigenvalue weighted by molar-refractivity contribution is 5.97. The van der Waals surface area contributed by atoms with Crippen LogP contribution in [-0.4, -0.2) is 30.9 Å². The van der Waals surface area contributed by atoms with Crippen molar-refractivity contribution >= 4 is 24.2 Å². The van der Waals surface area contributed by atoms with Gasteiger partial charge in [-0.3, -0.25) is 9.59 Å². The average Bonchev–Trinajstić information content (AvgIpc) is 2.65. The van der Waals surface area contributed by atoms with Crippen LogP contribution in [-0.2, 0) is 4.79 Å². The van der Waals surface area contributed by atoms with Gasteiger partial charge in [0.2, 0.25) is 5.91 Å². The third-order valence-electron chi connectivity index (χ3n) is 3.84. The van der Waals surface area contributed by atoms with E-state index in [9.17, 15) is 9.59 Å². The van der Waals surface area contributed by atoms with Crippen molar-refractivity contribution in [2.45, 2.75) is 25.9 Å². The zero-order chi connectivity index (χ0) is 18.1. The van der Waals surface area contributed by atoms with Crippen LogP contribution in [0.4, 0.5) is 0 Å². The van der Waals surface area contributed by atoms with Crippen molar-refractivity contribution in [3.8, 4) is 0 Å². The van der Waals surface area contributed by atoms with E-state index in [2.05, 4.69) is 16.0 Å². The number of hydrogen-bond donors (Lipinski definition) is 3. The van der Waals surface area contributed by atoms with E-state index < -0.39 is 6.04 Å². The molecule has 0 radical (unpaired) electrons. The lowest BCUT2D eigenvalue weighted by Gasteiger charge is -2.20. The van der Waals surface area contributed by atoms with Gasteiger partial charge in [0.15, 0.2) is 0 Å². The first-order valence-corrected chi connectivity index (χ1v) is 8.53. The van der Waals surface area contributed by atoms with E-state index in [0.29, 0.717) is 12.1 Å². The number of carbonyl (C=O) groups is 2. The number of nitrogens with one attached hydrogen (secondary N) is 3. The van der Waals surface area contributed by atoms with E-state index in [-0.39, 0.29) is 30.3 Å². The lowest BCUT2D eigenvalue weighted by atomic mass is 10.1. The molecular formula is C20H26ClN3O2. The van der Waals surface area contributed by atoms with Gasteiger partial charge in [0, 0.05) is 18.2 Å². The number of halogens is 1. The van der Waals surface area contributed by atoms with Gasteiger partial charge in [-0.25, -0.2) is 0 Å². The molecule has 2 aromatic rings. The van der Waals surface area contributed by atoms with Crippen LogP contribution in [0, 0.1) is 0 Å². The zero-order valence-corrected chi connectivity index (χ0v) is 15.9. The van der Waals surface area contributed by atoms with Crippen molar-refractivity contribution in [2.24, 2.45) is 0 Å². The summed E-state index contributed by atoms with van der Waals surface area (Å²) in [6, 6.07) is 17.6. The molecule has 0 aliphatic heterocycles. The Labute approximate surface area is 161 Å². The van der Waals surface area contributed by atoms with Crippen LogP contribution in [0.5, 0.6) is 0 Å². The average molecular weight is 376 g/mol. The molecule has 1 unspecified atom stereocenters. The topological polar surface area (TPSA) is 70.2 Å². The maximum atomic E-state index is 12.7. The molecule has 2 aromatic carbocycles. The Morgan fingerprint density at radius 1 is 0.962 bits per heavy atom. The molecule has 5 nitrogen and oxygen atoms in total. The van der Waals surface area contributed by atoms with Gasteiger partial charge in [0.1, 0.15) is 6.04 Å². The van der Waals surface area contributed by atoms with Crippen molar-refractivity contribution in [1.82, 2.24) is 16.0 Å². The third-order valence-corrected chi connectivity index (χ3v) is 3.84. The lowest BCUT2D eigenvalue weighted by molar-refractivity contribution is -0.123. The summed E-state index contributed by atoms with van der Waals surface area (Å²) in [6.07, 6.45) is 0. The molecule has 6 heteroatoms. The van der Waals surface area contributed by atoms with Crippen molar-refractivity contribution in [1.29, 1.82) is 0 Å². The minimum Gasteiger partial charge on any atom is -0.352 e. The van der Waals surface area contributed by atoms with E-state index in [0.717, 1.165) is 12.1 Å². The number of amides is 2. The molecule has 2 rings (SSSR count). The summed E-state index contributed by atoms with van der Waals surface area (Å²) in [5.41, 5.74) is 1.28. The second kappa shape index (κ2) is 11.3. The summed E-state index contributed by atoms with van der Waals surface area (Å²) in [6.45, 7) is 5.36. The van der Waals surface area contributed by atoms with Crippen LogP contribution in [0.1, 0.15) is 35.8 Å². The van der Waals surface area contributed by atoms with Gasteiger partial charge >= 0.3 is 0 Å². The summed E-state index contributed by atoms with van der Waals surface area (Å²) in [5, 5.41) is 8.98. The molecule has 0 saturated heterocycles. The molecule has 0 spiro atoms. The highest BCUT2D eigenvalue weighted by atomic mass is 35.5. The molecule has 0 aromatic heterocycles. The molecule has 0 aliphatic rings. The van der Waals surface area contributed by atoms with Gasteiger partial charge in [0.25, 0.3) is 5.91 Å². The first-order valence-electron chi connectivity index (χ1n) is 8.53. The van der Waals surface area contributed by atoms with E-state index >= 15 is 0 Å². The molecule has 2 amide bonds. The first kappa shape index (κ1) is 21.7. The molecular weight excluding hydrogens is 350 g/mol. The van der Waals surface area contributed by atoms with Gasteiger partial charge in [-0.1, -0.05) is 55.5 Å². The summed E-state index contributed by atoms with van der Waals surface area (Å²) >= 11 is 0. The monoisotopic (exact) mass is 375 g/mol. The Kier molecular flexibility index (Phi) is 9.41. The lowest BCUT2D eigenvalue weighted by Crippen LogP contribution is -2.45. The number of carbonyl (C=O) groups excluding carboxylic acids is 2. The molecule has 2 atom stereocenters. The molecule has 0 heterocycles. The molecule has 0 saturated carbocycles. The van der Waals surface area contributed by atoms with Crippen molar-refractivity contribution < 1.29 is 9.59 Å². The predicted octanol–water partition coefficient (Wildman–Crippen LogP) is 2.69. The summed E-state index contributed by atoms with van der Waals surface area (Å²) in [5.74, 6) is -0.496. The van der Waals surface area contributed by atoms with Gasteiger partial charge in [-0.2, -0.15) is 0 Å². The van der Waals surface area contributed by atoms with Crippen molar-refractivity contribution in [2.75, 3.05) is 13.1 Å². The van der Waals surface area contributed by atoms with E-state index in [1.807, 2.05) is 50.2 Å². The molecule has 0 bridgehead atoms. The predicted molar refractivity (Wildman–Crippen MR) is 106 cm³/mol. The van der Waals surface area contributed by atoms with E-state index in [1.54, 1.807) is 24.3 Å². The number of hydrogen-bond acceptors (Lipinski definition) is 3. The fourth-order valence-corrected chi connectivity index (χ4v) is 2.53. The van der Waals surface area contributed by atoms with Gasteiger partial charge in [0.05, 0.1) is 0 Å². The maximum Gasteiger partial charge on any atom is 0.252 e. The minimum atomic E-state index is -0.734. The second-order valence-electron chi connectivity index (χ2n) is 5.89. The summed E-state index contributed by atoms with van der Waals surface area (Å²) in [4.78, 5) is 25.1. The quantitative estimate of drug-likeness (QED) is 0.664. The second-order valence-corrected chi connectivity index (χ2v) is 5.89. The van der Waals surface area contributed by atoms with Crippen LogP contribution in [0.25, 0.3) is 0 Å². The SMILES string of the molecule is CCN[C@H](C)CNC(=O)C(NC(=O)c1ccccc1)c1ccccc1.Cl. The molecule has 0 fully saturated rings. The first-order chi connectivity index (χ1) is 12.1. The van der Waals surface area contributed by atoms with Crippen molar-refractivity contribution in [3.63, 3.8) is 0 Å². The molecule has 0 aliphatic carbocycles. The van der Waals surface area contributed by atoms with E-state index in [1.165, 1.54) is 0 Å². The Bertz CT molecular complexity index is 680. The van der Waals surface area contributed by atoms with Crippen LogP contribution in [0.2, 0.25) is 0 Å². The number of likely N-dealkylation sites (N-methyl/N-ethyl adjacent to an activating group) is 1. The van der Waals surface area contributed by atoms with Crippen LogP contribution >= 0.6 is 12.4 Å². The Hall–Kier alpha value is -2.37. The summed E-state index contributed by atoms with van der Waals surface area (Å²) < 4.78 is 0. The zero-order valence-electron chi connectivity index (χ0n) is 15.1. The highest BCUT2D eigenvalue weighted by Gasteiger charge is 2.23. The molecule has 140 valence electrons. The summed E-state index contributed by atoms with van der Waals surface area (Å²) in [7, 11) is 0. The maximum absolute atomic E-state index is 12.7. The minimum absolute atomic E-state index is 0. The largest absolute Gasteiger partial charge is 0.352 e. The smallest absolute Gasteiger partial charge is 0.252 e. The normalized spacial score (nSPS) is 12.4. The van der Waals surface area contributed by atoms with Crippen LogP contribution in [0.15, 0.2) is 60.7 Å². The number of benzene rings is 2. The van der Waals surface area contributed by atoms with Gasteiger partial charge in [-0.15, -0.1) is 12.4 Å². The third kappa shape index (κ3) is 6.50. The van der Waals surface area contributed by atoms with Gasteiger partial charge in [-0.05, 0) is 31.2 Å². The Morgan fingerprint density at radius 3 is 2.12 bits per heavy atom. The molecule has 3 N–H and O–H groups in total. The standard InChI is InChI=1S/C20H25N3O2.ClH/c1-3-21-15(2)14-22-20(25)18(16-10-6-4-7-11-16)23-19(24)17-12-8-5-9-13-17;/h4-13,15,18,21H,3,14H2,1-2H3,(H,22,25)(H,23,24);1H/t15-,18?;/m1./s1. The molecule has 26 heavy (non-hydrogen) atoms. The number of rotatable bonds is 8. The Morgan fingerprint density at radius 2 is 1.54 bits per heavy atom. The van der Waals surface area contributed by atoms with E-state index in [4.69, 9.17) is 0 Å². The van der Waals surface area contributed by atoms with Crippen molar-refractivity contribution in [3.05, 3.63) is 71.8 Å². The fraction of sp³-hybridized carbons (Fsp3) is 0.300. The highest BCUT2D eigenvalue weighted by Crippen LogP contribution is 2.14. The van der Waals surface area contributed by atoms with Gasteiger partial charge < -0.3 is 16.0 Å². The fourth-order valence-electron chi connectivity index (χ4n) is 2.53. The van der Waals surface area contributed by atoms with Crippen LogP contribution in [0.3, 0.4) is 0 Å². The van der Waals surface area contributed by atoms with Crippen LogP contribution < -0.4 is 16.0 Å². The Balaban J connectivity index is 0.00000338.